The highest BCUT2D eigenvalue weighted by Gasteiger charge is 2.50. The van der Waals surface area contributed by atoms with Gasteiger partial charge in [0.1, 0.15) is 18.8 Å². The number of hydrogen-bond acceptors (Lipinski definition) is 11. The molecule has 12 heteroatoms. The maximum absolute atomic E-state index is 13.2. The Morgan fingerprint density at radius 3 is 1.25 bits per heavy atom. The molecule has 1 aliphatic rings. The van der Waals surface area contributed by atoms with E-state index in [0.717, 1.165) is 70.6 Å². The Bertz CT molecular complexity index is 1520. The Morgan fingerprint density at radius 1 is 0.442 bits per heavy atom. The number of unbranched alkanes of at least 4 members (excludes halogenated alkanes) is 32. The molecule has 6 atom stereocenters. The summed E-state index contributed by atoms with van der Waals surface area (Å²) >= 11 is 0. The molecule has 1 fully saturated rings. The molecule has 0 amide bonds. The van der Waals surface area contributed by atoms with Gasteiger partial charge < -0.3 is 39.0 Å². The predicted octanol–water partition coefficient (Wildman–Crippen LogP) is 16.6. The zero-order valence-electron chi connectivity index (χ0n) is 49.2. The zero-order chi connectivity index (χ0) is 56.1. The highest BCUT2D eigenvalue weighted by molar-refractivity contribution is 5.74. The molecule has 1 aliphatic heterocycles. The van der Waals surface area contributed by atoms with Gasteiger partial charge in [0.05, 0.1) is 6.61 Å². The lowest BCUT2D eigenvalue weighted by atomic mass is 9.98. The average Bonchev–Trinajstić information content (AvgIpc) is 3.43. The first-order chi connectivity index (χ1) is 37.6. The van der Waals surface area contributed by atoms with Crippen LogP contribution in [-0.2, 0) is 42.9 Å². The largest absolute Gasteiger partial charge is 0.479 e. The predicted molar refractivity (Wildman–Crippen MR) is 312 cm³/mol. The lowest BCUT2D eigenvalue weighted by Gasteiger charge is -2.40. The van der Waals surface area contributed by atoms with E-state index in [2.05, 4.69) is 69.4 Å². The van der Waals surface area contributed by atoms with Crippen molar-refractivity contribution in [3.8, 4) is 0 Å². The van der Waals surface area contributed by atoms with E-state index < -0.39 is 67.3 Å². The van der Waals surface area contributed by atoms with Gasteiger partial charge in [-0.3, -0.25) is 14.4 Å². The number of aliphatic hydroxyl groups excluding tert-OH is 2. The number of carbonyl (C=O) groups excluding carboxylic acids is 3. The second-order valence-electron chi connectivity index (χ2n) is 21.7. The summed E-state index contributed by atoms with van der Waals surface area (Å²) in [5.41, 5.74) is 0. The van der Waals surface area contributed by atoms with Gasteiger partial charge in [-0.2, -0.15) is 0 Å². The van der Waals surface area contributed by atoms with Crippen molar-refractivity contribution in [2.45, 2.75) is 327 Å². The smallest absolute Gasteiger partial charge is 0.335 e. The molecule has 77 heavy (non-hydrogen) atoms. The van der Waals surface area contributed by atoms with Crippen LogP contribution in [0, 0.1) is 0 Å². The summed E-state index contributed by atoms with van der Waals surface area (Å²) in [6.07, 6.45) is 52.2. The van der Waals surface area contributed by atoms with Crippen LogP contribution in [-0.4, -0.2) is 89.2 Å². The van der Waals surface area contributed by atoms with Gasteiger partial charge in [0.25, 0.3) is 0 Å². The van der Waals surface area contributed by atoms with Crippen molar-refractivity contribution in [3.05, 3.63) is 48.6 Å². The molecule has 1 rings (SSSR count). The Labute approximate surface area is 469 Å². The second-order valence-corrected chi connectivity index (χ2v) is 21.7. The van der Waals surface area contributed by atoms with Gasteiger partial charge in [0, 0.05) is 19.3 Å². The summed E-state index contributed by atoms with van der Waals surface area (Å²) in [5.74, 6) is -3.14. The highest BCUT2D eigenvalue weighted by atomic mass is 16.7. The van der Waals surface area contributed by atoms with Gasteiger partial charge in [-0.05, 0) is 57.8 Å². The Balaban J connectivity index is 2.68. The first-order valence-corrected chi connectivity index (χ1v) is 31.6. The molecule has 0 aliphatic carbocycles. The van der Waals surface area contributed by atoms with Crippen molar-refractivity contribution in [1.29, 1.82) is 0 Å². The van der Waals surface area contributed by atoms with E-state index in [1.807, 2.05) is 0 Å². The number of allylic oxidation sites excluding steroid dienone is 8. The topological polar surface area (TPSA) is 175 Å². The fourth-order valence-electron chi connectivity index (χ4n) is 9.60. The molecule has 0 aromatic heterocycles. The van der Waals surface area contributed by atoms with Crippen LogP contribution in [0.4, 0.5) is 0 Å². The van der Waals surface area contributed by atoms with Crippen molar-refractivity contribution in [1.82, 2.24) is 0 Å². The molecule has 0 saturated carbocycles. The second kappa shape index (κ2) is 53.3. The lowest BCUT2D eigenvalue weighted by molar-refractivity contribution is -0.301. The Kier molecular flexibility index (Phi) is 49.7. The molecule has 446 valence electrons. The normalized spacial score (nSPS) is 18.3. The number of carboxylic acid groups (broad SMARTS) is 1. The molecule has 0 bridgehead atoms. The maximum atomic E-state index is 13.2. The number of aliphatic carboxylic acids is 1. The van der Waals surface area contributed by atoms with E-state index in [1.54, 1.807) is 0 Å². The van der Waals surface area contributed by atoms with Crippen LogP contribution in [0.1, 0.15) is 290 Å². The molecular weight excluding hydrogens is 973 g/mol. The van der Waals surface area contributed by atoms with Crippen LogP contribution < -0.4 is 0 Å². The fourth-order valence-corrected chi connectivity index (χ4v) is 9.60. The maximum Gasteiger partial charge on any atom is 0.335 e. The van der Waals surface area contributed by atoms with Gasteiger partial charge in [0.15, 0.2) is 24.6 Å². The Morgan fingerprint density at radius 2 is 0.818 bits per heavy atom. The SMILES string of the molecule is CC/C=C\C/C=C\C/C=C\C/C=C\CCCCC(=O)OC1C(OCC(COC(=O)CCCCCCCCCCCCCCCCCCC)OC(=O)CCCCCCCCCCCCCCCCC)OC(C(=O)O)C(O)C1O. The average molecular weight is 1090 g/mol. The first kappa shape index (κ1) is 71.7. The number of hydrogen-bond donors (Lipinski definition) is 3. The van der Waals surface area contributed by atoms with Crippen molar-refractivity contribution < 1.29 is 58.2 Å². The summed E-state index contributed by atoms with van der Waals surface area (Å²) in [4.78, 5) is 51.2. The minimum absolute atomic E-state index is 0.0108. The van der Waals surface area contributed by atoms with E-state index in [4.69, 9.17) is 23.7 Å². The molecule has 0 aromatic carbocycles. The van der Waals surface area contributed by atoms with Crippen LogP contribution in [0.25, 0.3) is 0 Å². The number of ether oxygens (including phenoxy) is 5. The van der Waals surface area contributed by atoms with Crippen LogP contribution in [0.3, 0.4) is 0 Å². The Hall–Kier alpha value is -3.32. The van der Waals surface area contributed by atoms with Crippen LogP contribution in [0.5, 0.6) is 0 Å². The summed E-state index contributed by atoms with van der Waals surface area (Å²) < 4.78 is 28.5. The van der Waals surface area contributed by atoms with Crippen LogP contribution in [0.15, 0.2) is 48.6 Å². The summed E-state index contributed by atoms with van der Waals surface area (Å²) in [6, 6.07) is 0. The van der Waals surface area contributed by atoms with E-state index in [9.17, 15) is 34.5 Å². The standard InChI is InChI=1S/C65H114O12/c1-4-7-10-13-16-19-22-25-28-29-32-33-36-39-42-45-48-51-57(66)73-54-56(75-58(67)52-49-46-43-40-37-34-30-26-23-20-17-14-11-8-5-2)55-74-65-63(61(70)60(69)62(77-65)64(71)72)76-59(68)53-50-47-44-41-38-35-31-27-24-21-18-15-12-9-6-3/h9,12,18,21,27,31,38,41,56,60-63,65,69-70H,4-8,10-11,13-17,19-20,22-26,28-30,32-37,39-40,42-55H2,1-3H3,(H,71,72)/b12-9-,21-18-,31-27-,41-38-. The van der Waals surface area contributed by atoms with Crippen molar-refractivity contribution in [2.24, 2.45) is 0 Å². The quantitative estimate of drug-likeness (QED) is 0.0228. The minimum atomic E-state index is -1.91. The number of carboxylic acids is 1. The third kappa shape index (κ3) is 43.2. The molecule has 0 aromatic rings. The molecule has 6 unspecified atom stereocenters. The summed E-state index contributed by atoms with van der Waals surface area (Å²) in [6.45, 7) is 5.90. The van der Waals surface area contributed by atoms with Crippen LogP contribution >= 0.6 is 0 Å². The summed E-state index contributed by atoms with van der Waals surface area (Å²) in [7, 11) is 0. The van der Waals surface area contributed by atoms with E-state index in [0.29, 0.717) is 25.7 Å². The first-order valence-electron chi connectivity index (χ1n) is 31.6. The van der Waals surface area contributed by atoms with Gasteiger partial charge in [-0.15, -0.1) is 0 Å². The van der Waals surface area contributed by atoms with E-state index >= 15 is 0 Å². The van der Waals surface area contributed by atoms with Crippen molar-refractivity contribution in [2.75, 3.05) is 13.2 Å². The highest BCUT2D eigenvalue weighted by Crippen LogP contribution is 2.27. The van der Waals surface area contributed by atoms with Gasteiger partial charge in [-0.1, -0.05) is 262 Å². The van der Waals surface area contributed by atoms with Crippen LogP contribution in [0.2, 0.25) is 0 Å². The van der Waals surface area contributed by atoms with E-state index in [-0.39, 0.29) is 25.9 Å². The molecule has 3 N–H and O–H groups in total. The van der Waals surface area contributed by atoms with Gasteiger partial charge in [0.2, 0.25) is 0 Å². The van der Waals surface area contributed by atoms with Gasteiger partial charge >= 0.3 is 23.9 Å². The zero-order valence-corrected chi connectivity index (χ0v) is 49.2. The lowest BCUT2D eigenvalue weighted by Crippen LogP contribution is -2.61. The summed E-state index contributed by atoms with van der Waals surface area (Å²) in [5, 5.41) is 31.5. The number of esters is 3. The van der Waals surface area contributed by atoms with Gasteiger partial charge in [-0.25, -0.2) is 4.79 Å². The van der Waals surface area contributed by atoms with Crippen molar-refractivity contribution in [3.63, 3.8) is 0 Å². The monoisotopic (exact) mass is 1090 g/mol. The number of aliphatic hydroxyl groups is 2. The van der Waals surface area contributed by atoms with Crippen molar-refractivity contribution >= 4 is 23.9 Å². The third-order valence-electron chi connectivity index (χ3n) is 14.4. The van der Waals surface area contributed by atoms with E-state index in [1.165, 1.54) is 154 Å². The molecule has 1 saturated heterocycles. The molecule has 12 nitrogen and oxygen atoms in total. The molecule has 1 heterocycles. The number of carbonyl (C=O) groups is 4. The third-order valence-corrected chi connectivity index (χ3v) is 14.4. The number of rotatable bonds is 54. The molecule has 0 spiro atoms. The molecule has 0 radical (unpaired) electrons. The molecular formula is C65H114O12. The fraction of sp³-hybridized carbons (Fsp3) is 0.815. The minimum Gasteiger partial charge on any atom is -0.479 e.